The largest absolute Gasteiger partial charge is 0.300 e. The lowest BCUT2D eigenvalue weighted by atomic mass is 10.2. The van der Waals surface area contributed by atoms with Crippen molar-refractivity contribution in [3.8, 4) is 0 Å². The SMILES string of the molecule is O=C(CSc1n[nH]c(N/N=C\c2cccc(Br)c2)n1)Nc1nncs1. The Kier molecular flexibility index (Phi) is 6.09. The minimum atomic E-state index is -0.200. The van der Waals surface area contributed by atoms with Crippen LogP contribution in [0.5, 0.6) is 0 Å². The Morgan fingerprint density at radius 2 is 2.40 bits per heavy atom. The smallest absolute Gasteiger partial charge is 0.240 e. The number of halogens is 1. The molecule has 3 N–H and O–H groups in total. The molecule has 25 heavy (non-hydrogen) atoms. The van der Waals surface area contributed by atoms with Gasteiger partial charge in [0.15, 0.2) is 0 Å². The van der Waals surface area contributed by atoms with Crippen molar-refractivity contribution < 1.29 is 4.79 Å². The highest BCUT2D eigenvalue weighted by atomic mass is 79.9. The van der Waals surface area contributed by atoms with Crippen LogP contribution in [0, 0.1) is 0 Å². The topological polar surface area (TPSA) is 121 Å². The van der Waals surface area contributed by atoms with E-state index >= 15 is 0 Å². The third-order valence-electron chi connectivity index (χ3n) is 2.64. The number of H-pyrrole nitrogens is 1. The molecule has 0 atom stereocenters. The van der Waals surface area contributed by atoms with Crippen LogP contribution >= 0.6 is 39.0 Å². The van der Waals surface area contributed by atoms with Crippen LogP contribution in [0.1, 0.15) is 5.56 Å². The lowest BCUT2D eigenvalue weighted by Gasteiger charge is -1.98. The van der Waals surface area contributed by atoms with Gasteiger partial charge in [-0.25, -0.2) is 10.5 Å². The van der Waals surface area contributed by atoms with E-state index in [4.69, 9.17) is 0 Å². The average molecular weight is 439 g/mol. The van der Waals surface area contributed by atoms with E-state index in [9.17, 15) is 4.79 Å². The summed E-state index contributed by atoms with van der Waals surface area (Å²) in [6, 6.07) is 7.71. The van der Waals surface area contributed by atoms with Gasteiger partial charge in [-0.15, -0.1) is 15.3 Å². The van der Waals surface area contributed by atoms with Crippen molar-refractivity contribution in [3.05, 3.63) is 39.8 Å². The van der Waals surface area contributed by atoms with Gasteiger partial charge < -0.3 is 0 Å². The van der Waals surface area contributed by atoms with E-state index in [1.807, 2.05) is 24.3 Å². The molecule has 0 bridgehead atoms. The summed E-state index contributed by atoms with van der Waals surface area (Å²) >= 11 is 5.85. The van der Waals surface area contributed by atoms with Gasteiger partial charge in [-0.3, -0.25) is 10.1 Å². The quantitative estimate of drug-likeness (QED) is 0.294. The highest BCUT2D eigenvalue weighted by Gasteiger charge is 2.09. The fourth-order valence-electron chi connectivity index (χ4n) is 1.63. The number of benzene rings is 1. The monoisotopic (exact) mass is 438 g/mol. The number of nitrogens with one attached hydrogen (secondary N) is 3. The molecule has 0 spiro atoms. The van der Waals surface area contributed by atoms with E-state index in [0.717, 1.165) is 10.0 Å². The number of amides is 1. The number of thioether (sulfide) groups is 1. The standard InChI is InChI=1S/C13H11BrN8OS2/c14-9-3-1-2-8(4-9)5-15-19-11-18-13(22-20-11)24-6-10(23)17-12-21-16-7-25-12/h1-5,7H,6H2,(H,17,21,23)(H2,18,19,20,22)/b15-5-. The van der Waals surface area contributed by atoms with E-state index in [1.54, 1.807) is 11.7 Å². The summed E-state index contributed by atoms with van der Waals surface area (Å²) in [5.41, 5.74) is 5.23. The molecule has 2 aromatic heterocycles. The van der Waals surface area contributed by atoms with Crippen molar-refractivity contribution in [2.24, 2.45) is 5.10 Å². The summed E-state index contributed by atoms with van der Waals surface area (Å²) in [4.78, 5) is 15.9. The normalized spacial score (nSPS) is 10.9. The molecular weight excluding hydrogens is 428 g/mol. The molecule has 3 rings (SSSR count). The number of carbonyl (C=O) groups is 1. The Labute approximate surface area is 158 Å². The van der Waals surface area contributed by atoms with Crippen LogP contribution in [-0.4, -0.2) is 43.3 Å². The molecule has 1 aromatic carbocycles. The summed E-state index contributed by atoms with van der Waals surface area (Å²) in [5, 5.41) is 21.7. The van der Waals surface area contributed by atoms with Crippen molar-refractivity contribution in [2.45, 2.75) is 5.16 Å². The zero-order chi connectivity index (χ0) is 17.5. The molecule has 9 nitrogen and oxygen atoms in total. The van der Waals surface area contributed by atoms with Crippen molar-refractivity contribution in [1.82, 2.24) is 25.4 Å². The Bertz CT molecular complexity index is 867. The maximum atomic E-state index is 11.7. The third-order valence-corrected chi connectivity index (χ3v) is 4.58. The number of aromatic nitrogens is 5. The number of hydrogen-bond acceptors (Lipinski definition) is 9. The van der Waals surface area contributed by atoms with Crippen molar-refractivity contribution >= 4 is 62.2 Å². The van der Waals surface area contributed by atoms with Gasteiger partial charge in [-0.1, -0.05) is 51.2 Å². The average Bonchev–Trinajstić information content (AvgIpc) is 3.25. The molecule has 12 heteroatoms. The van der Waals surface area contributed by atoms with Crippen LogP contribution in [-0.2, 0) is 4.79 Å². The molecule has 0 radical (unpaired) electrons. The van der Waals surface area contributed by atoms with E-state index in [1.165, 1.54) is 23.1 Å². The van der Waals surface area contributed by atoms with Gasteiger partial charge in [-0.2, -0.15) is 10.1 Å². The Hall–Kier alpha value is -2.31. The van der Waals surface area contributed by atoms with Crippen molar-refractivity contribution in [2.75, 3.05) is 16.5 Å². The second-order valence-corrected chi connectivity index (χ2v) is 7.16. The predicted molar refractivity (Wildman–Crippen MR) is 101 cm³/mol. The highest BCUT2D eigenvalue weighted by molar-refractivity contribution is 9.10. The zero-order valence-corrected chi connectivity index (χ0v) is 15.7. The van der Waals surface area contributed by atoms with Crippen molar-refractivity contribution in [3.63, 3.8) is 0 Å². The van der Waals surface area contributed by atoms with Crippen LogP contribution in [0.4, 0.5) is 11.1 Å². The Balaban J connectivity index is 1.46. The van der Waals surface area contributed by atoms with Crippen molar-refractivity contribution in [1.29, 1.82) is 0 Å². The lowest BCUT2D eigenvalue weighted by Crippen LogP contribution is -2.13. The van der Waals surface area contributed by atoms with E-state index in [-0.39, 0.29) is 11.7 Å². The van der Waals surface area contributed by atoms with Crippen LogP contribution in [0.3, 0.4) is 0 Å². The van der Waals surface area contributed by atoms with Gasteiger partial charge in [0.2, 0.25) is 22.1 Å². The fraction of sp³-hybridized carbons (Fsp3) is 0.0769. The van der Waals surface area contributed by atoms with Crippen LogP contribution in [0.25, 0.3) is 0 Å². The number of hydrazone groups is 1. The molecule has 0 aliphatic rings. The third kappa shape index (κ3) is 5.62. The maximum absolute atomic E-state index is 11.7. The zero-order valence-electron chi connectivity index (χ0n) is 12.5. The van der Waals surface area contributed by atoms with Gasteiger partial charge in [0.25, 0.3) is 0 Å². The highest BCUT2D eigenvalue weighted by Crippen LogP contribution is 2.15. The molecule has 0 fully saturated rings. The number of carbonyl (C=O) groups excluding carboxylic acids is 1. The van der Waals surface area contributed by atoms with Gasteiger partial charge in [-0.05, 0) is 17.7 Å². The van der Waals surface area contributed by atoms with Crippen LogP contribution in [0.15, 0.2) is 44.5 Å². The molecule has 0 saturated carbocycles. The minimum Gasteiger partial charge on any atom is -0.300 e. The molecule has 0 unspecified atom stereocenters. The van der Waals surface area contributed by atoms with E-state index < -0.39 is 0 Å². The number of rotatable bonds is 7. The summed E-state index contributed by atoms with van der Waals surface area (Å²) in [6.07, 6.45) is 1.66. The summed E-state index contributed by atoms with van der Waals surface area (Å²) in [6.45, 7) is 0. The van der Waals surface area contributed by atoms with Crippen LogP contribution < -0.4 is 10.7 Å². The molecule has 0 aliphatic carbocycles. The molecule has 128 valence electrons. The van der Waals surface area contributed by atoms with Crippen LogP contribution in [0.2, 0.25) is 0 Å². The summed E-state index contributed by atoms with van der Waals surface area (Å²) in [5.74, 6) is 0.352. The van der Waals surface area contributed by atoms with E-state index in [0.29, 0.717) is 16.2 Å². The molecule has 1 amide bonds. The lowest BCUT2D eigenvalue weighted by molar-refractivity contribution is -0.113. The summed E-state index contributed by atoms with van der Waals surface area (Å²) in [7, 11) is 0. The first kappa shape index (κ1) is 17.5. The van der Waals surface area contributed by atoms with Gasteiger partial charge in [0.1, 0.15) is 5.51 Å². The van der Waals surface area contributed by atoms with Gasteiger partial charge in [0.05, 0.1) is 12.0 Å². The molecule has 3 aromatic rings. The number of hydrogen-bond donors (Lipinski definition) is 3. The molecule has 0 aliphatic heterocycles. The molecule has 2 heterocycles. The number of nitrogens with zero attached hydrogens (tertiary/aromatic N) is 5. The number of anilines is 2. The summed E-state index contributed by atoms with van der Waals surface area (Å²) < 4.78 is 0.974. The molecule has 0 saturated heterocycles. The first-order valence-electron chi connectivity index (χ1n) is 6.85. The fourth-order valence-corrected chi connectivity index (χ4v) is 3.11. The first-order chi connectivity index (χ1) is 12.2. The second kappa shape index (κ2) is 8.69. The second-order valence-electron chi connectivity index (χ2n) is 4.47. The Morgan fingerprint density at radius 1 is 1.48 bits per heavy atom. The minimum absolute atomic E-state index is 0.165. The van der Waals surface area contributed by atoms with Gasteiger partial charge in [0, 0.05) is 4.47 Å². The Morgan fingerprint density at radius 3 is 3.20 bits per heavy atom. The maximum Gasteiger partial charge on any atom is 0.240 e. The predicted octanol–water partition coefficient (Wildman–Crippen LogP) is 2.60. The van der Waals surface area contributed by atoms with Gasteiger partial charge >= 0.3 is 0 Å². The van der Waals surface area contributed by atoms with E-state index in [2.05, 4.69) is 57.2 Å². The first-order valence-corrected chi connectivity index (χ1v) is 9.51. The molecular formula is C13H11BrN8OS2. The number of aromatic amines is 1.